The number of carbonyl (C=O) groups excluding carboxylic acids is 1. The standard InChI is InChI=1S/C16H32N2O2/c1-4-6-8-13(5-2)12-20-14-9-7-10-16(11-14,18-3)15(17)19/h13-14,18H,4-12H2,1-3H3,(H2,17,19). The molecule has 3 atom stereocenters. The van der Waals surface area contributed by atoms with E-state index in [0.717, 1.165) is 25.9 Å². The summed E-state index contributed by atoms with van der Waals surface area (Å²) in [5.41, 5.74) is 5.00. The van der Waals surface area contributed by atoms with Gasteiger partial charge in [-0.25, -0.2) is 0 Å². The third kappa shape index (κ3) is 4.74. The molecule has 1 saturated carbocycles. The van der Waals surface area contributed by atoms with E-state index in [1.807, 2.05) is 7.05 Å². The molecule has 0 aliphatic heterocycles. The highest BCUT2D eigenvalue weighted by molar-refractivity contribution is 5.84. The molecule has 1 amide bonds. The van der Waals surface area contributed by atoms with Crippen LogP contribution in [0.3, 0.4) is 0 Å². The van der Waals surface area contributed by atoms with Gasteiger partial charge >= 0.3 is 0 Å². The van der Waals surface area contributed by atoms with Crippen molar-refractivity contribution in [3.05, 3.63) is 0 Å². The third-order valence-corrected chi connectivity index (χ3v) is 4.77. The van der Waals surface area contributed by atoms with Crippen molar-refractivity contribution < 1.29 is 9.53 Å². The number of likely N-dealkylation sites (N-methyl/N-ethyl adjacent to an activating group) is 1. The highest BCUT2D eigenvalue weighted by Crippen LogP contribution is 2.30. The first-order valence-electron chi connectivity index (χ1n) is 8.18. The number of unbranched alkanes of at least 4 members (excludes halogenated alkanes) is 1. The van der Waals surface area contributed by atoms with E-state index in [0.29, 0.717) is 12.3 Å². The van der Waals surface area contributed by atoms with Gasteiger partial charge in [-0.2, -0.15) is 0 Å². The van der Waals surface area contributed by atoms with Gasteiger partial charge in [0.1, 0.15) is 0 Å². The van der Waals surface area contributed by atoms with E-state index < -0.39 is 5.54 Å². The maximum atomic E-state index is 11.7. The van der Waals surface area contributed by atoms with Crippen molar-refractivity contribution >= 4 is 5.91 Å². The summed E-state index contributed by atoms with van der Waals surface area (Å²) < 4.78 is 6.09. The average Bonchev–Trinajstić information content (AvgIpc) is 2.47. The molecule has 0 heterocycles. The molecule has 1 fully saturated rings. The number of carbonyl (C=O) groups is 1. The van der Waals surface area contributed by atoms with E-state index >= 15 is 0 Å². The Morgan fingerprint density at radius 1 is 1.50 bits per heavy atom. The molecule has 1 aliphatic carbocycles. The molecule has 3 N–H and O–H groups in total. The first kappa shape index (κ1) is 17.4. The highest BCUT2D eigenvalue weighted by Gasteiger charge is 2.40. The molecule has 20 heavy (non-hydrogen) atoms. The van der Waals surface area contributed by atoms with Gasteiger partial charge in [0, 0.05) is 13.0 Å². The molecule has 1 aliphatic rings. The molecule has 3 unspecified atom stereocenters. The lowest BCUT2D eigenvalue weighted by molar-refractivity contribution is -0.128. The maximum absolute atomic E-state index is 11.7. The monoisotopic (exact) mass is 284 g/mol. The second-order valence-corrected chi connectivity index (χ2v) is 6.16. The summed E-state index contributed by atoms with van der Waals surface area (Å²) in [5, 5.41) is 3.13. The molecule has 0 radical (unpaired) electrons. The normalized spacial score (nSPS) is 28.2. The molecule has 4 heteroatoms. The zero-order chi connectivity index (χ0) is 15.0. The van der Waals surface area contributed by atoms with E-state index in [4.69, 9.17) is 10.5 Å². The fourth-order valence-corrected chi connectivity index (χ4v) is 3.11. The van der Waals surface area contributed by atoms with E-state index in [1.54, 1.807) is 0 Å². The summed E-state index contributed by atoms with van der Waals surface area (Å²) in [6.45, 7) is 5.27. The molecule has 0 saturated heterocycles. The molecule has 0 bridgehead atoms. The van der Waals surface area contributed by atoms with Crippen LogP contribution in [0.4, 0.5) is 0 Å². The fourth-order valence-electron chi connectivity index (χ4n) is 3.11. The maximum Gasteiger partial charge on any atom is 0.237 e. The molecule has 1 rings (SSSR count). The summed E-state index contributed by atoms with van der Waals surface area (Å²) in [4.78, 5) is 11.7. The largest absolute Gasteiger partial charge is 0.378 e. The van der Waals surface area contributed by atoms with Crippen molar-refractivity contribution in [2.24, 2.45) is 11.7 Å². The van der Waals surface area contributed by atoms with Crippen LogP contribution in [0, 0.1) is 5.92 Å². The Balaban J connectivity index is 2.45. The average molecular weight is 284 g/mol. The van der Waals surface area contributed by atoms with Gasteiger partial charge in [0.25, 0.3) is 0 Å². The minimum Gasteiger partial charge on any atom is -0.378 e. The predicted molar refractivity (Wildman–Crippen MR) is 82.5 cm³/mol. The van der Waals surface area contributed by atoms with Crippen molar-refractivity contribution in [2.45, 2.75) is 76.9 Å². The lowest BCUT2D eigenvalue weighted by atomic mass is 9.79. The number of primary amides is 1. The zero-order valence-electron chi connectivity index (χ0n) is 13.4. The Morgan fingerprint density at radius 2 is 2.25 bits per heavy atom. The van der Waals surface area contributed by atoms with E-state index in [2.05, 4.69) is 19.2 Å². The quantitative estimate of drug-likeness (QED) is 0.684. The fraction of sp³-hybridized carbons (Fsp3) is 0.938. The molecule has 0 aromatic rings. The van der Waals surface area contributed by atoms with Crippen LogP contribution >= 0.6 is 0 Å². The van der Waals surface area contributed by atoms with Crippen LogP contribution in [0.5, 0.6) is 0 Å². The first-order valence-corrected chi connectivity index (χ1v) is 8.18. The van der Waals surface area contributed by atoms with Crippen molar-refractivity contribution in [3.8, 4) is 0 Å². The Hall–Kier alpha value is -0.610. The van der Waals surface area contributed by atoms with Gasteiger partial charge in [-0.3, -0.25) is 4.79 Å². The second kappa shape index (κ2) is 8.63. The van der Waals surface area contributed by atoms with Gasteiger partial charge < -0.3 is 15.8 Å². The number of ether oxygens (including phenoxy) is 1. The number of nitrogens with two attached hydrogens (primary N) is 1. The van der Waals surface area contributed by atoms with Crippen LogP contribution in [-0.2, 0) is 9.53 Å². The summed E-state index contributed by atoms with van der Waals surface area (Å²) >= 11 is 0. The Morgan fingerprint density at radius 3 is 2.80 bits per heavy atom. The number of nitrogens with one attached hydrogen (secondary N) is 1. The minimum absolute atomic E-state index is 0.166. The molecular weight excluding hydrogens is 252 g/mol. The summed E-state index contributed by atoms with van der Waals surface area (Å²) in [5.74, 6) is 0.403. The van der Waals surface area contributed by atoms with Gasteiger partial charge in [0.05, 0.1) is 11.6 Å². The van der Waals surface area contributed by atoms with Gasteiger partial charge in [-0.1, -0.05) is 33.1 Å². The summed E-state index contributed by atoms with van der Waals surface area (Å²) in [6, 6.07) is 0. The number of rotatable bonds is 9. The zero-order valence-corrected chi connectivity index (χ0v) is 13.4. The first-order chi connectivity index (χ1) is 9.57. The molecule has 0 aromatic heterocycles. The molecule has 0 aromatic carbocycles. The van der Waals surface area contributed by atoms with E-state index in [1.165, 1.54) is 25.7 Å². The number of hydrogen-bond donors (Lipinski definition) is 2. The van der Waals surface area contributed by atoms with Crippen molar-refractivity contribution in [3.63, 3.8) is 0 Å². The topological polar surface area (TPSA) is 64.3 Å². The highest BCUT2D eigenvalue weighted by atomic mass is 16.5. The Labute approximate surface area is 123 Å². The SMILES string of the molecule is CCCCC(CC)COC1CCCC(NC)(C(N)=O)C1. The van der Waals surface area contributed by atoms with Crippen LogP contribution in [0.15, 0.2) is 0 Å². The minimum atomic E-state index is -0.561. The molecule has 4 nitrogen and oxygen atoms in total. The Bertz CT molecular complexity index is 296. The molecule has 0 spiro atoms. The van der Waals surface area contributed by atoms with Crippen LogP contribution in [0.1, 0.15) is 65.2 Å². The van der Waals surface area contributed by atoms with E-state index in [-0.39, 0.29) is 12.0 Å². The van der Waals surface area contributed by atoms with Crippen LogP contribution < -0.4 is 11.1 Å². The van der Waals surface area contributed by atoms with Crippen LogP contribution in [0.2, 0.25) is 0 Å². The van der Waals surface area contributed by atoms with Crippen LogP contribution in [0.25, 0.3) is 0 Å². The van der Waals surface area contributed by atoms with Crippen molar-refractivity contribution in [2.75, 3.05) is 13.7 Å². The number of amides is 1. The van der Waals surface area contributed by atoms with Crippen LogP contribution in [-0.4, -0.2) is 31.2 Å². The Kier molecular flexibility index (Phi) is 7.52. The van der Waals surface area contributed by atoms with Crippen molar-refractivity contribution in [1.29, 1.82) is 0 Å². The van der Waals surface area contributed by atoms with Gasteiger partial charge in [-0.15, -0.1) is 0 Å². The lowest BCUT2D eigenvalue weighted by Crippen LogP contribution is -2.57. The lowest BCUT2D eigenvalue weighted by Gasteiger charge is -2.38. The molecular formula is C16H32N2O2. The second-order valence-electron chi connectivity index (χ2n) is 6.16. The smallest absolute Gasteiger partial charge is 0.237 e. The number of hydrogen-bond acceptors (Lipinski definition) is 3. The third-order valence-electron chi connectivity index (χ3n) is 4.77. The van der Waals surface area contributed by atoms with Crippen molar-refractivity contribution in [1.82, 2.24) is 5.32 Å². The van der Waals surface area contributed by atoms with E-state index in [9.17, 15) is 4.79 Å². The predicted octanol–water partition coefficient (Wildman–Crippen LogP) is 2.61. The van der Waals surface area contributed by atoms with Gasteiger partial charge in [0.2, 0.25) is 5.91 Å². The molecule has 118 valence electrons. The van der Waals surface area contributed by atoms with Gasteiger partial charge in [0.15, 0.2) is 0 Å². The summed E-state index contributed by atoms with van der Waals surface area (Å²) in [7, 11) is 1.82. The summed E-state index contributed by atoms with van der Waals surface area (Å²) in [6.07, 6.45) is 8.67. The van der Waals surface area contributed by atoms with Gasteiger partial charge in [-0.05, 0) is 38.6 Å².